The number of hydrogen-bond donors (Lipinski definition) is 1. The molecule has 0 spiro atoms. The number of amides is 3. The van der Waals surface area contributed by atoms with Crippen LogP contribution in [0.15, 0.2) is 48.5 Å². The van der Waals surface area contributed by atoms with Gasteiger partial charge in [0, 0.05) is 6.54 Å². The zero-order valence-corrected chi connectivity index (χ0v) is 21.3. The van der Waals surface area contributed by atoms with Crippen LogP contribution in [0.2, 0.25) is 0 Å². The number of urea groups is 1. The van der Waals surface area contributed by atoms with Crippen molar-refractivity contribution in [3.8, 4) is 6.07 Å². The third-order valence-electron chi connectivity index (χ3n) is 7.95. The Hall–Kier alpha value is -3.17. The van der Waals surface area contributed by atoms with Crippen LogP contribution in [-0.4, -0.2) is 47.9 Å². The van der Waals surface area contributed by atoms with Gasteiger partial charge in [0.2, 0.25) is 0 Å². The van der Waals surface area contributed by atoms with Crippen LogP contribution >= 0.6 is 0 Å². The lowest BCUT2D eigenvalue weighted by molar-refractivity contribution is -0.133. The zero-order chi connectivity index (χ0) is 25.2. The Morgan fingerprint density at radius 2 is 1.66 bits per heavy atom. The van der Waals surface area contributed by atoms with Crippen molar-refractivity contribution in [1.29, 1.82) is 5.26 Å². The number of benzene rings is 2. The monoisotopic (exact) mass is 472 g/mol. The number of likely N-dealkylation sites (tertiary alicyclic amines) is 1. The first-order valence-electron chi connectivity index (χ1n) is 12.6. The molecule has 0 saturated carbocycles. The first kappa shape index (κ1) is 24.9. The predicted molar refractivity (Wildman–Crippen MR) is 137 cm³/mol. The quantitative estimate of drug-likeness (QED) is 0.595. The number of carbonyl (C=O) groups excluding carboxylic acids is 2. The largest absolute Gasteiger partial charge is 0.325 e. The molecule has 0 aliphatic carbocycles. The molecule has 0 bridgehead atoms. The molecule has 1 atom stereocenters. The molecule has 2 aromatic carbocycles. The van der Waals surface area contributed by atoms with E-state index in [9.17, 15) is 14.9 Å². The third kappa shape index (κ3) is 4.46. The van der Waals surface area contributed by atoms with Crippen molar-refractivity contribution < 1.29 is 9.59 Å². The van der Waals surface area contributed by atoms with Crippen molar-refractivity contribution >= 4 is 11.9 Å². The highest BCUT2D eigenvalue weighted by molar-refractivity contribution is 6.07. The third-order valence-corrected chi connectivity index (χ3v) is 7.95. The van der Waals surface area contributed by atoms with Gasteiger partial charge in [-0.05, 0) is 75.4 Å². The molecule has 2 fully saturated rings. The van der Waals surface area contributed by atoms with E-state index in [0.717, 1.165) is 49.2 Å². The fourth-order valence-electron chi connectivity index (χ4n) is 5.70. The summed E-state index contributed by atoms with van der Waals surface area (Å²) in [6.45, 7) is 10.9. The molecule has 2 aliphatic rings. The molecule has 6 heteroatoms. The smallest absolute Gasteiger partial charge is 0.319 e. The van der Waals surface area contributed by atoms with Gasteiger partial charge in [0.15, 0.2) is 0 Å². The van der Waals surface area contributed by atoms with Gasteiger partial charge in [-0.3, -0.25) is 9.69 Å². The molecule has 2 heterocycles. The Labute approximate surface area is 208 Å². The lowest BCUT2D eigenvalue weighted by atomic mass is 9.72. The SMILES string of the molecule is Cc1ccc(C2(C(C)C)NC(=O)N(CCCN3CCC(C#N)(c4ccccc4C)CC3)C2=O)cc1. The Balaban J connectivity index is 1.37. The van der Waals surface area contributed by atoms with E-state index in [1.807, 2.05) is 57.2 Å². The van der Waals surface area contributed by atoms with Crippen LogP contribution < -0.4 is 5.32 Å². The minimum Gasteiger partial charge on any atom is -0.319 e. The second-order valence-electron chi connectivity index (χ2n) is 10.4. The summed E-state index contributed by atoms with van der Waals surface area (Å²) >= 11 is 0. The van der Waals surface area contributed by atoms with Crippen LogP contribution in [0.1, 0.15) is 55.4 Å². The highest BCUT2D eigenvalue weighted by Crippen LogP contribution is 2.38. The van der Waals surface area contributed by atoms with Gasteiger partial charge in [0.05, 0.1) is 11.5 Å². The second-order valence-corrected chi connectivity index (χ2v) is 10.4. The number of nitrogens with one attached hydrogen (secondary N) is 1. The van der Waals surface area contributed by atoms with Crippen LogP contribution in [-0.2, 0) is 15.7 Å². The van der Waals surface area contributed by atoms with Crippen molar-refractivity contribution in [2.24, 2.45) is 5.92 Å². The summed E-state index contributed by atoms with van der Waals surface area (Å²) in [5, 5.41) is 13.0. The zero-order valence-electron chi connectivity index (χ0n) is 21.3. The van der Waals surface area contributed by atoms with E-state index in [4.69, 9.17) is 0 Å². The van der Waals surface area contributed by atoms with Gasteiger partial charge in [-0.15, -0.1) is 0 Å². The first-order chi connectivity index (χ1) is 16.7. The summed E-state index contributed by atoms with van der Waals surface area (Å²) in [5.41, 5.74) is 2.81. The van der Waals surface area contributed by atoms with Gasteiger partial charge >= 0.3 is 6.03 Å². The maximum absolute atomic E-state index is 13.6. The summed E-state index contributed by atoms with van der Waals surface area (Å²) < 4.78 is 0. The van der Waals surface area contributed by atoms with E-state index in [1.165, 1.54) is 10.5 Å². The number of rotatable bonds is 7. The van der Waals surface area contributed by atoms with Crippen molar-refractivity contribution in [2.75, 3.05) is 26.2 Å². The van der Waals surface area contributed by atoms with Crippen LogP contribution in [0, 0.1) is 31.1 Å². The molecule has 184 valence electrons. The van der Waals surface area contributed by atoms with Crippen molar-refractivity contribution in [1.82, 2.24) is 15.1 Å². The van der Waals surface area contributed by atoms with Crippen molar-refractivity contribution in [2.45, 2.75) is 57.9 Å². The first-order valence-corrected chi connectivity index (χ1v) is 12.6. The summed E-state index contributed by atoms with van der Waals surface area (Å²) in [5.74, 6) is -0.239. The van der Waals surface area contributed by atoms with Gasteiger partial charge in [-0.1, -0.05) is 67.9 Å². The summed E-state index contributed by atoms with van der Waals surface area (Å²) in [4.78, 5) is 30.2. The van der Waals surface area contributed by atoms with Crippen molar-refractivity contribution in [3.05, 3.63) is 70.8 Å². The van der Waals surface area contributed by atoms with Crippen LogP contribution in [0.4, 0.5) is 4.79 Å². The standard InChI is InChI=1S/C29H36N4O2/c1-21(2)29(24-12-10-22(3)11-13-24)26(34)33(27(35)31-29)17-7-16-32-18-14-28(20-30,15-19-32)25-9-6-5-8-23(25)4/h5-6,8-13,21H,7,14-19H2,1-4H3,(H,31,35). The Kier molecular flexibility index (Phi) is 7.00. The molecule has 1 unspecified atom stereocenters. The molecule has 35 heavy (non-hydrogen) atoms. The van der Waals surface area contributed by atoms with Gasteiger partial charge in [-0.25, -0.2) is 4.79 Å². The molecule has 6 nitrogen and oxygen atoms in total. The number of nitriles is 1. The fraction of sp³-hybridized carbons (Fsp3) is 0.483. The van der Waals surface area contributed by atoms with Crippen LogP contribution in [0.5, 0.6) is 0 Å². The number of hydrogen-bond acceptors (Lipinski definition) is 4. The molecule has 3 amide bonds. The molecular weight excluding hydrogens is 436 g/mol. The molecule has 2 aromatic rings. The average molecular weight is 473 g/mol. The molecular formula is C29H36N4O2. The van der Waals surface area contributed by atoms with Crippen molar-refractivity contribution in [3.63, 3.8) is 0 Å². The van der Waals surface area contributed by atoms with Gasteiger partial charge < -0.3 is 10.2 Å². The molecule has 0 radical (unpaired) electrons. The normalized spacial score (nSPS) is 22.3. The van der Waals surface area contributed by atoms with Crippen LogP contribution in [0.25, 0.3) is 0 Å². The maximum atomic E-state index is 13.6. The predicted octanol–water partition coefficient (Wildman–Crippen LogP) is 4.65. The number of imide groups is 1. The molecule has 1 N–H and O–H groups in total. The van der Waals surface area contributed by atoms with E-state index in [0.29, 0.717) is 13.0 Å². The Morgan fingerprint density at radius 1 is 1.00 bits per heavy atom. The Bertz CT molecular complexity index is 1130. The van der Waals surface area contributed by atoms with E-state index in [2.05, 4.69) is 35.3 Å². The molecule has 2 saturated heterocycles. The van der Waals surface area contributed by atoms with Crippen LogP contribution in [0.3, 0.4) is 0 Å². The summed E-state index contributed by atoms with van der Waals surface area (Å²) in [7, 11) is 0. The molecule has 4 rings (SSSR count). The van der Waals surface area contributed by atoms with Gasteiger partial charge in [0.25, 0.3) is 5.91 Å². The highest BCUT2D eigenvalue weighted by atomic mass is 16.2. The Morgan fingerprint density at radius 3 is 2.26 bits per heavy atom. The van der Waals surface area contributed by atoms with E-state index < -0.39 is 11.0 Å². The van der Waals surface area contributed by atoms with E-state index in [1.54, 1.807) is 0 Å². The lowest BCUT2D eigenvalue weighted by Crippen LogP contribution is -2.48. The number of aryl methyl sites for hydroxylation is 2. The van der Waals surface area contributed by atoms with E-state index >= 15 is 0 Å². The minimum atomic E-state index is -1.02. The number of nitrogens with zero attached hydrogens (tertiary/aromatic N) is 3. The number of carbonyl (C=O) groups is 2. The van der Waals surface area contributed by atoms with Gasteiger partial charge in [0.1, 0.15) is 5.54 Å². The summed E-state index contributed by atoms with van der Waals surface area (Å²) in [6.07, 6.45) is 2.30. The second kappa shape index (κ2) is 9.83. The van der Waals surface area contributed by atoms with E-state index in [-0.39, 0.29) is 17.9 Å². The lowest BCUT2D eigenvalue weighted by Gasteiger charge is -2.38. The number of piperidine rings is 1. The minimum absolute atomic E-state index is 0.0747. The highest BCUT2D eigenvalue weighted by Gasteiger charge is 2.54. The molecule has 2 aliphatic heterocycles. The maximum Gasteiger partial charge on any atom is 0.325 e. The topological polar surface area (TPSA) is 76.4 Å². The molecule has 0 aromatic heterocycles. The average Bonchev–Trinajstić information content (AvgIpc) is 3.11. The summed E-state index contributed by atoms with van der Waals surface area (Å²) in [6, 6.07) is 18.3. The van der Waals surface area contributed by atoms with Gasteiger partial charge in [-0.2, -0.15) is 5.26 Å². The fourth-order valence-corrected chi connectivity index (χ4v) is 5.70.